The van der Waals surface area contributed by atoms with Gasteiger partial charge in [0.15, 0.2) is 11.6 Å². The summed E-state index contributed by atoms with van der Waals surface area (Å²) in [7, 11) is 0. The Morgan fingerprint density at radius 1 is 0.429 bits per heavy atom. The Labute approximate surface area is 206 Å². The minimum atomic E-state index is 0.182. The number of benzene rings is 6. The molecule has 0 fully saturated rings. The molecule has 1 aromatic heterocycles. The van der Waals surface area contributed by atoms with Gasteiger partial charge in [0.05, 0.1) is 0 Å². The Morgan fingerprint density at radius 3 is 1.94 bits per heavy atom. The van der Waals surface area contributed by atoms with Gasteiger partial charge in [-0.15, -0.1) is 0 Å². The summed E-state index contributed by atoms with van der Waals surface area (Å²) in [5.74, 6) is 1.13. The normalized spacial score (nSPS) is 11.6. The molecule has 7 aromatic rings. The summed E-state index contributed by atoms with van der Waals surface area (Å²) in [6.07, 6.45) is 0. The van der Waals surface area contributed by atoms with Crippen molar-refractivity contribution in [1.29, 1.82) is 0 Å². The van der Waals surface area contributed by atoms with Gasteiger partial charge in [-0.3, -0.25) is 0 Å². The summed E-state index contributed by atoms with van der Waals surface area (Å²) in [6.45, 7) is 0. The molecule has 0 N–H and O–H groups in total. The summed E-state index contributed by atoms with van der Waals surface area (Å²) >= 11 is 6.43. The largest absolute Gasteiger partial charge is 0.226 e. The smallest absolute Gasteiger partial charge is 0.208 e. The molecule has 0 unspecified atom stereocenters. The van der Waals surface area contributed by atoms with E-state index >= 15 is 0 Å². The first-order valence-corrected chi connectivity index (χ1v) is 11.9. The monoisotopic (exact) mass is 467 g/mol. The molecule has 6 aromatic carbocycles. The van der Waals surface area contributed by atoms with Gasteiger partial charge in [-0.1, -0.05) is 91.0 Å². The zero-order valence-corrected chi connectivity index (χ0v) is 19.4. The molecule has 0 bridgehead atoms. The van der Waals surface area contributed by atoms with Crippen molar-refractivity contribution in [3.05, 3.63) is 114 Å². The molecule has 0 atom stereocenters. The Hall–Kier alpha value is -4.34. The van der Waals surface area contributed by atoms with Gasteiger partial charge in [0.25, 0.3) is 0 Å². The molecule has 0 aliphatic carbocycles. The van der Waals surface area contributed by atoms with Crippen molar-refractivity contribution >= 4 is 54.7 Å². The fourth-order valence-corrected chi connectivity index (χ4v) is 5.07. The topological polar surface area (TPSA) is 38.7 Å². The summed E-state index contributed by atoms with van der Waals surface area (Å²) in [5, 5.41) is 9.58. The maximum absolute atomic E-state index is 6.43. The highest BCUT2D eigenvalue weighted by molar-refractivity contribution is 6.28. The van der Waals surface area contributed by atoms with Gasteiger partial charge in [0.2, 0.25) is 5.28 Å². The van der Waals surface area contributed by atoms with Gasteiger partial charge in [0, 0.05) is 11.1 Å². The average molecular weight is 468 g/mol. The average Bonchev–Trinajstić information content (AvgIpc) is 2.90. The molecule has 35 heavy (non-hydrogen) atoms. The van der Waals surface area contributed by atoms with Gasteiger partial charge in [-0.05, 0) is 72.9 Å². The zero-order valence-electron chi connectivity index (χ0n) is 18.6. The van der Waals surface area contributed by atoms with E-state index < -0.39 is 0 Å². The van der Waals surface area contributed by atoms with Crippen LogP contribution < -0.4 is 0 Å². The quantitative estimate of drug-likeness (QED) is 0.189. The molecule has 0 aliphatic heterocycles. The van der Waals surface area contributed by atoms with E-state index in [2.05, 4.69) is 101 Å². The van der Waals surface area contributed by atoms with Gasteiger partial charge in [0.1, 0.15) is 0 Å². The van der Waals surface area contributed by atoms with Crippen LogP contribution in [-0.4, -0.2) is 15.0 Å². The Morgan fingerprint density at radius 2 is 1.09 bits per heavy atom. The Bertz CT molecular complexity index is 1930. The number of halogens is 1. The highest BCUT2D eigenvalue weighted by atomic mass is 35.5. The van der Waals surface area contributed by atoms with E-state index in [1.165, 1.54) is 26.9 Å². The summed E-state index contributed by atoms with van der Waals surface area (Å²) < 4.78 is 0. The van der Waals surface area contributed by atoms with E-state index in [1.54, 1.807) is 0 Å². The third kappa shape index (κ3) is 3.40. The van der Waals surface area contributed by atoms with Crippen LogP contribution in [0, 0.1) is 0 Å². The second-order valence-corrected chi connectivity index (χ2v) is 9.04. The molecule has 7 rings (SSSR count). The lowest BCUT2D eigenvalue weighted by molar-refractivity contribution is 1.07. The predicted molar refractivity (Wildman–Crippen MR) is 146 cm³/mol. The third-order valence-corrected chi connectivity index (χ3v) is 6.77. The highest BCUT2D eigenvalue weighted by Gasteiger charge is 2.13. The van der Waals surface area contributed by atoms with Gasteiger partial charge >= 0.3 is 0 Å². The molecular weight excluding hydrogens is 450 g/mol. The fourth-order valence-electron chi connectivity index (χ4n) is 4.91. The summed E-state index contributed by atoms with van der Waals surface area (Å²) in [5.41, 5.74) is 1.84. The number of fused-ring (bicyclic) bond motifs is 5. The minimum Gasteiger partial charge on any atom is -0.208 e. The molecule has 0 radical (unpaired) electrons. The number of nitrogens with zero attached hydrogens (tertiary/aromatic N) is 3. The highest BCUT2D eigenvalue weighted by Crippen LogP contribution is 2.33. The van der Waals surface area contributed by atoms with E-state index in [-0.39, 0.29) is 5.28 Å². The molecular formula is C31H18ClN3. The number of rotatable bonds is 2. The first-order chi connectivity index (χ1) is 17.2. The van der Waals surface area contributed by atoms with Crippen LogP contribution in [0.1, 0.15) is 0 Å². The van der Waals surface area contributed by atoms with E-state index in [0.29, 0.717) is 11.6 Å². The van der Waals surface area contributed by atoms with Crippen LogP contribution in [-0.2, 0) is 0 Å². The van der Waals surface area contributed by atoms with E-state index in [1.807, 2.05) is 18.2 Å². The molecule has 0 spiro atoms. The SMILES string of the molecule is Clc1nc(-c2ccc3cc4ccccc4cc3c2)nc(-c2cccc3c2ccc2ccccc23)n1. The first-order valence-electron chi connectivity index (χ1n) is 11.5. The lowest BCUT2D eigenvalue weighted by Crippen LogP contribution is -1.98. The first kappa shape index (κ1) is 20.1. The number of hydrogen-bond donors (Lipinski definition) is 0. The Balaban J connectivity index is 1.41. The zero-order chi connectivity index (χ0) is 23.4. The van der Waals surface area contributed by atoms with Crippen LogP contribution in [0.4, 0.5) is 0 Å². The summed E-state index contributed by atoms with van der Waals surface area (Å²) in [6, 6.07) is 38.0. The second kappa shape index (κ2) is 7.86. The fraction of sp³-hybridized carbons (Fsp3) is 0. The maximum atomic E-state index is 6.43. The van der Waals surface area contributed by atoms with Crippen molar-refractivity contribution in [3.8, 4) is 22.8 Å². The van der Waals surface area contributed by atoms with E-state index in [0.717, 1.165) is 27.3 Å². The molecule has 3 nitrogen and oxygen atoms in total. The van der Waals surface area contributed by atoms with Crippen molar-refractivity contribution in [2.45, 2.75) is 0 Å². The summed E-state index contributed by atoms with van der Waals surface area (Å²) in [4.78, 5) is 13.8. The molecule has 4 heteroatoms. The van der Waals surface area contributed by atoms with E-state index in [9.17, 15) is 0 Å². The van der Waals surface area contributed by atoms with Crippen LogP contribution in [0.3, 0.4) is 0 Å². The molecule has 1 heterocycles. The predicted octanol–water partition coefficient (Wildman–Crippen LogP) is 8.47. The molecule has 0 saturated carbocycles. The second-order valence-electron chi connectivity index (χ2n) is 8.70. The molecule has 0 amide bonds. The molecule has 0 saturated heterocycles. The van der Waals surface area contributed by atoms with Crippen LogP contribution >= 0.6 is 11.6 Å². The van der Waals surface area contributed by atoms with Crippen molar-refractivity contribution in [1.82, 2.24) is 15.0 Å². The number of aromatic nitrogens is 3. The van der Waals surface area contributed by atoms with Crippen molar-refractivity contribution < 1.29 is 0 Å². The maximum Gasteiger partial charge on any atom is 0.226 e. The Kier molecular flexibility index (Phi) is 4.51. The molecule has 164 valence electrons. The van der Waals surface area contributed by atoms with Crippen LogP contribution in [0.15, 0.2) is 109 Å². The number of hydrogen-bond acceptors (Lipinski definition) is 3. The van der Waals surface area contributed by atoms with Gasteiger partial charge < -0.3 is 0 Å². The third-order valence-electron chi connectivity index (χ3n) is 6.60. The van der Waals surface area contributed by atoms with Crippen molar-refractivity contribution in [3.63, 3.8) is 0 Å². The lowest BCUT2D eigenvalue weighted by Gasteiger charge is -2.10. The van der Waals surface area contributed by atoms with E-state index in [4.69, 9.17) is 16.6 Å². The van der Waals surface area contributed by atoms with Crippen LogP contribution in [0.25, 0.3) is 65.9 Å². The lowest BCUT2D eigenvalue weighted by atomic mass is 9.98. The van der Waals surface area contributed by atoms with Crippen molar-refractivity contribution in [2.24, 2.45) is 0 Å². The van der Waals surface area contributed by atoms with Crippen LogP contribution in [0.2, 0.25) is 5.28 Å². The van der Waals surface area contributed by atoms with Crippen LogP contribution in [0.5, 0.6) is 0 Å². The minimum absolute atomic E-state index is 0.182. The van der Waals surface area contributed by atoms with Gasteiger partial charge in [-0.25, -0.2) is 4.98 Å². The van der Waals surface area contributed by atoms with Gasteiger partial charge in [-0.2, -0.15) is 9.97 Å². The van der Waals surface area contributed by atoms with Crippen molar-refractivity contribution in [2.75, 3.05) is 0 Å². The standard InChI is InChI=1S/C31H18ClN3/c32-31-34-29(23-13-12-22-16-20-7-1-2-8-21(20)17-24(22)18-23)33-30(35-31)28-11-5-10-26-25-9-4-3-6-19(25)14-15-27(26)28/h1-18H. The molecule has 0 aliphatic rings.